The van der Waals surface area contributed by atoms with Gasteiger partial charge in [0.05, 0.1) is 23.6 Å². The molecule has 16 heteroatoms. The number of carbonyl (C=O) groups is 3. The summed E-state index contributed by atoms with van der Waals surface area (Å²) in [4.78, 5) is 64.4. The Labute approximate surface area is 374 Å². The second kappa shape index (κ2) is 18.4. The van der Waals surface area contributed by atoms with Crippen LogP contribution >= 0.6 is 0 Å². The van der Waals surface area contributed by atoms with Crippen molar-refractivity contribution in [3.8, 4) is 11.3 Å². The number of nitrogens with one attached hydrogen (secondary N) is 3. The number of hydrogen-bond acceptors (Lipinski definition) is 13. The first-order chi connectivity index (χ1) is 30.9. The number of nitrogens with zero attached hydrogens (tertiary/aromatic N) is 9. The molecule has 0 saturated carbocycles. The molecule has 2 atom stereocenters. The SMILES string of the molecule is C[C@H]1CN(CC2CCN(c3ccc(N4CCC(=O)NC4=O)cc3)CC2)CCN1c1ccc(Nc2cc(-c3ccc4c(c3)CCCC[C@H]4NC(=O)c3nc(C(C)(C)C)no3)ncn2)nc1. The van der Waals surface area contributed by atoms with E-state index in [0.29, 0.717) is 42.4 Å². The van der Waals surface area contributed by atoms with Crippen LogP contribution in [0.3, 0.4) is 0 Å². The van der Waals surface area contributed by atoms with Crippen LogP contribution in [0.5, 0.6) is 0 Å². The summed E-state index contributed by atoms with van der Waals surface area (Å²) in [6.07, 6.45) is 9.91. The number of urea groups is 1. The summed E-state index contributed by atoms with van der Waals surface area (Å²) >= 11 is 0. The van der Waals surface area contributed by atoms with Crippen molar-refractivity contribution in [2.24, 2.45) is 5.92 Å². The molecule has 334 valence electrons. The van der Waals surface area contributed by atoms with Gasteiger partial charge in [0.2, 0.25) is 5.91 Å². The molecule has 1 aliphatic carbocycles. The number of pyridine rings is 1. The van der Waals surface area contributed by atoms with Crippen LogP contribution in [-0.4, -0.2) is 99.7 Å². The molecule has 4 amide bonds. The molecule has 0 spiro atoms. The van der Waals surface area contributed by atoms with Crippen LogP contribution in [0.2, 0.25) is 0 Å². The number of piperazine rings is 1. The van der Waals surface area contributed by atoms with Crippen LogP contribution < -0.4 is 30.7 Å². The Balaban J connectivity index is 0.755. The molecule has 64 heavy (non-hydrogen) atoms. The molecular weight excluding hydrogens is 809 g/mol. The van der Waals surface area contributed by atoms with Gasteiger partial charge in [-0.1, -0.05) is 44.5 Å². The van der Waals surface area contributed by atoms with E-state index in [9.17, 15) is 14.4 Å². The third-order valence-electron chi connectivity index (χ3n) is 13.0. The van der Waals surface area contributed by atoms with E-state index in [0.717, 1.165) is 106 Å². The number of rotatable bonds is 10. The molecule has 2 aromatic carbocycles. The van der Waals surface area contributed by atoms with Gasteiger partial charge in [-0.2, -0.15) is 4.98 Å². The van der Waals surface area contributed by atoms with Crippen molar-refractivity contribution in [3.05, 3.63) is 96.0 Å². The fourth-order valence-corrected chi connectivity index (χ4v) is 9.45. The lowest BCUT2D eigenvalue weighted by Gasteiger charge is -2.43. The molecule has 3 saturated heterocycles. The number of hydrogen-bond donors (Lipinski definition) is 3. The van der Waals surface area contributed by atoms with Crippen LogP contribution in [0.4, 0.5) is 33.5 Å². The molecule has 3 aliphatic heterocycles. The van der Waals surface area contributed by atoms with Crippen molar-refractivity contribution in [1.82, 2.24) is 40.6 Å². The number of imide groups is 1. The highest BCUT2D eigenvalue weighted by atomic mass is 16.5. The van der Waals surface area contributed by atoms with Crippen LogP contribution in [0, 0.1) is 5.92 Å². The van der Waals surface area contributed by atoms with Gasteiger partial charge in [0.15, 0.2) is 5.82 Å². The Kier molecular flexibility index (Phi) is 12.3. The molecule has 5 aromatic rings. The van der Waals surface area contributed by atoms with Crippen LogP contribution in [0.25, 0.3) is 11.3 Å². The van der Waals surface area contributed by atoms with Gasteiger partial charge < -0.3 is 25.0 Å². The van der Waals surface area contributed by atoms with Crippen molar-refractivity contribution in [2.45, 2.75) is 90.1 Å². The molecule has 3 aromatic heterocycles. The topological polar surface area (TPSA) is 178 Å². The van der Waals surface area contributed by atoms with Gasteiger partial charge >= 0.3 is 17.8 Å². The molecule has 0 bridgehead atoms. The largest absolute Gasteiger partial charge is 0.372 e. The Hall–Kier alpha value is -6.42. The Morgan fingerprint density at radius 2 is 1.64 bits per heavy atom. The van der Waals surface area contributed by atoms with Gasteiger partial charge in [-0.3, -0.25) is 24.7 Å². The van der Waals surface area contributed by atoms with Gasteiger partial charge in [-0.15, -0.1) is 0 Å². The third kappa shape index (κ3) is 9.71. The third-order valence-corrected chi connectivity index (χ3v) is 13.0. The number of anilines is 5. The molecule has 4 aliphatic rings. The zero-order valence-corrected chi connectivity index (χ0v) is 37.2. The maximum Gasteiger partial charge on any atom is 0.328 e. The lowest BCUT2D eigenvalue weighted by Crippen LogP contribution is -2.53. The minimum atomic E-state index is -0.357. The monoisotopic (exact) mass is 866 g/mol. The average Bonchev–Trinajstić information content (AvgIpc) is 3.73. The van der Waals surface area contributed by atoms with Gasteiger partial charge in [0, 0.05) is 86.7 Å². The van der Waals surface area contributed by atoms with E-state index < -0.39 is 0 Å². The molecule has 6 heterocycles. The van der Waals surface area contributed by atoms with Gasteiger partial charge in [0.25, 0.3) is 0 Å². The van der Waals surface area contributed by atoms with E-state index in [1.54, 1.807) is 11.2 Å². The minimum Gasteiger partial charge on any atom is -0.372 e. The van der Waals surface area contributed by atoms with Gasteiger partial charge in [-0.05, 0) is 98.5 Å². The summed E-state index contributed by atoms with van der Waals surface area (Å²) < 4.78 is 5.32. The summed E-state index contributed by atoms with van der Waals surface area (Å²) in [5, 5.41) is 13.0. The van der Waals surface area contributed by atoms with Crippen molar-refractivity contribution in [3.63, 3.8) is 0 Å². The summed E-state index contributed by atoms with van der Waals surface area (Å²) in [6.45, 7) is 14.8. The predicted molar refractivity (Wildman–Crippen MR) is 246 cm³/mol. The maximum absolute atomic E-state index is 13.2. The molecule has 3 N–H and O–H groups in total. The first-order valence-electron chi connectivity index (χ1n) is 22.7. The van der Waals surface area contributed by atoms with Crippen molar-refractivity contribution in [2.75, 3.05) is 65.8 Å². The smallest absolute Gasteiger partial charge is 0.328 e. The molecular formula is C48H58N12O4. The number of benzene rings is 2. The highest BCUT2D eigenvalue weighted by molar-refractivity contribution is 6.05. The number of piperidine rings is 1. The fourth-order valence-electron chi connectivity index (χ4n) is 9.45. The number of carbonyl (C=O) groups excluding carboxylic acids is 3. The van der Waals surface area contributed by atoms with E-state index in [-0.39, 0.29) is 35.2 Å². The van der Waals surface area contributed by atoms with Crippen molar-refractivity contribution < 1.29 is 18.9 Å². The lowest BCUT2D eigenvalue weighted by atomic mass is 9.95. The van der Waals surface area contributed by atoms with Crippen LogP contribution in [-0.2, 0) is 16.6 Å². The standard InChI is InChI=1S/C48H58N12O4/c1-31-28-57(29-32-17-20-58(21-18-32)35-10-12-36(13-11-35)60-22-19-43(61)54-47(60)63)23-24-59(31)37-14-16-41(49-27-37)53-42-26-40(50-30-51-42)34-9-15-38-33(25-34)7-5-6-8-39(38)52-44(62)45-55-46(56-64-45)48(2,3)4/h9-16,25-27,30-32,39H,5-8,17-24,28-29H2,1-4H3,(H,52,62)(H,54,61,63)(H,49,50,51,53)/t31-,39+/m0/s1. The number of amides is 4. The molecule has 0 radical (unpaired) electrons. The highest BCUT2D eigenvalue weighted by Gasteiger charge is 2.30. The maximum atomic E-state index is 13.2. The van der Waals surface area contributed by atoms with Crippen molar-refractivity contribution in [1.29, 1.82) is 0 Å². The molecule has 0 unspecified atom stereocenters. The van der Waals surface area contributed by atoms with Gasteiger partial charge in [0.1, 0.15) is 18.0 Å². The zero-order chi connectivity index (χ0) is 44.4. The number of aryl methyl sites for hydroxylation is 1. The van der Waals surface area contributed by atoms with Crippen LogP contribution in [0.15, 0.2) is 77.7 Å². The van der Waals surface area contributed by atoms with E-state index in [4.69, 9.17) is 9.51 Å². The second-order valence-electron chi connectivity index (χ2n) is 18.7. The van der Waals surface area contributed by atoms with E-state index >= 15 is 0 Å². The highest BCUT2D eigenvalue weighted by Crippen LogP contribution is 2.34. The summed E-state index contributed by atoms with van der Waals surface area (Å²) in [5.74, 6) is 1.95. The van der Waals surface area contributed by atoms with Crippen molar-refractivity contribution >= 4 is 46.5 Å². The minimum absolute atomic E-state index is 0.0133. The lowest BCUT2D eigenvalue weighted by molar-refractivity contribution is -0.120. The summed E-state index contributed by atoms with van der Waals surface area (Å²) in [5.41, 5.74) is 6.86. The fraction of sp³-hybridized carbons (Fsp3) is 0.458. The Morgan fingerprint density at radius 1 is 0.844 bits per heavy atom. The molecule has 3 fully saturated rings. The number of fused-ring (bicyclic) bond motifs is 1. The second-order valence-corrected chi connectivity index (χ2v) is 18.7. The predicted octanol–water partition coefficient (Wildman–Crippen LogP) is 7.03. The van der Waals surface area contributed by atoms with E-state index in [2.05, 4.69) is 94.1 Å². The Bertz CT molecular complexity index is 2460. The first-order valence-corrected chi connectivity index (χ1v) is 22.7. The van der Waals surface area contributed by atoms with Gasteiger partial charge in [-0.25, -0.2) is 19.7 Å². The molecule has 16 nitrogen and oxygen atoms in total. The summed E-state index contributed by atoms with van der Waals surface area (Å²) in [6, 6.07) is 20.4. The first kappa shape index (κ1) is 42.9. The molecule has 9 rings (SSSR count). The quantitative estimate of drug-likeness (QED) is 0.122. The normalized spacial score (nSPS) is 20.1. The summed E-state index contributed by atoms with van der Waals surface area (Å²) in [7, 11) is 0. The van der Waals surface area contributed by atoms with Crippen LogP contribution in [0.1, 0.15) is 99.9 Å². The van der Waals surface area contributed by atoms with E-state index in [1.807, 2.05) is 51.2 Å². The average molecular weight is 867 g/mol. The van der Waals surface area contributed by atoms with E-state index in [1.165, 1.54) is 11.3 Å². The Morgan fingerprint density at radius 3 is 2.38 bits per heavy atom. The zero-order valence-electron chi connectivity index (χ0n) is 37.2. The number of aromatic nitrogens is 5.